The molecule has 1 atom stereocenters. The summed E-state index contributed by atoms with van der Waals surface area (Å²) in [5.74, 6) is 0.0749. The van der Waals surface area contributed by atoms with E-state index in [-0.39, 0.29) is 18.4 Å². The molecule has 0 aliphatic carbocycles. The topological polar surface area (TPSA) is 93.5 Å². The second-order valence-corrected chi connectivity index (χ2v) is 4.81. The molecule has 0 aromatic heterocycles. The van der Waals surface area contributed by atoms with Crippen molar-refractivity contribution in [2.24, 2.45) is 11.7 Å². The first kappa shape index (κ1) is 14.3. The van der Waals surface area contributed by atoms with Gasteiger partial charge in [0.1, 0.15) is 5.75 Å². The fourth-order valence-electron chi connectivity index (χ4n) is 2.11. The number of primary amides is 1. The predicted molar refractivity (Wildman–Crippen MR) is 75.4 cm³/mol. The van der Waals surface area contributed by atoms with Crippen molar-refractivity contribution < 1.29 is 14.3 Å². The Bertz CT molecular complexity index is 467. The number of ether oxygens (including phenoxy) is 1. The second-order valence-electron chi connectivity index (χ2n) is 4.81. The van der Waals surface area contributed by atoms with Crippen LogP contribution >= 0.6 is 0 Å². The van der Waals surface area contributed by atoms with Crippen molar-refractivity contribution in [3.8, 4) is 5.75 Å². The molecule has 1 aromatic carbocycles. The van der Waals surface area contributed by atoms with Gasteiger partial charge < -0.3 is 21.1 Å². The zero-order valence-corrected chi connectivity index (χ0v) is 11.2. The molecular formula is C14H19N3O3. The number of benzene rings is 1. The largest absolute Gasteiger partial charge is 0.484 e. The van der Waals surface area contributed by atoms with E-state index in [0.717, 1.165) is 25.9 Å². The average Bonchev–Trinajstić information content (AvgIpc) is 2.47. The molecule has 2 amide bonds. The summed E-state index contributed by atoms with van der Waals surface area (Å²) in [6, 6.07) is 6.87. The first-order valence-electron chi connectivity index (χ1n) is 6.68. The highest BCUT2D eigenvalue weighted by Crippen LogP contribution is 2.18. The number of piperidine rings is 1. The van der Waals surface area contributed by atoms with Gasteiger partial charge in [0.25, 0.3) is 5.91 Å². The minimum absolute atomic E-state index is 0.0227. The Morgan fingerprint density at radius 3 is 2.70 bits per heavy atom. The van der Waals surface area contributed by atoms with Gasteiger partial charge in [-0.2, -0.15) is 0 Å². The van der Waals surface area contributed by atoms with Crippen molar-refractivity contribution in [1.29, 1.82) is 0 Å². The number of nitrogens with two attached hydrogens (primary N) is 1. The van der Waals surface area contributed by atoms with Crippen LogP contribution in [0.4, 0.5) is 5.69 Å². The van der Waals surface area contributed by atoms with Crippen LogP contribution in [0.5, 0.6) is 5.75 Å². The first-order chi connectivity index (χ1) is 9.65. The number of nitrogens with one attached hydrogen (secondary N) is 2. The first-order valence-corrected chi connectivity index (χ1v) is 6.68. The van der Waals surface area contributed by atoms with Crippen LogP contribution in [-0.4, -0.2) is 31.5 Å². The molecular weight excluding hydrogens is 258 g/mol. The van der Waals surface area contributed by atoms with Gasteiger partial charge in [0.15, 0.2) is 6.61 Å². The Morgan fingerprint density at radius 2 is 2.10 bits per heavy atom. The van der Waals surface area contributed by atoms with E-state index in [9.17, 15) is 9.59 Å². The summed E-state index contributed by atoms with van der Waals surface area (Å²) < 4.78 is 5.15. The van der Waals surface area contributed by atoms with Crippen LogP contribution in [0.25, 0.3) is 0 Å². The van der Waals surface area contributed by atoms with Gasteiger partial charge in [-0.05, 0) is 43.7 Å². The lowest BCUT2D eigenvalue weighted by atomic mass is 9.99. The molecule has 2 rings (SSSR count). The Labute approximate surface area is 117 Å². The summed E-state index contributed by atoms with van der Waals surface area (Å²) in [4.78, 5) is 22.6. The number of hydrogen-bond acceptors (Lipinski definition) is 4. The lowest BCUT2D eigenvalue weighted by Crippen LogP contribution is -2.37. The SMILES string of the molecule is NC(=O)COc1ccc(NC(=O)[C@@H]2CCCNC2)cc1. The van der Waals surface area contributed by atoms with Crippen LogP contribution in [0.1, 0.15) is 12.8 Å². The minimum atomic E-state index is -0.521. The standard InChI is InChI=1S/C14H19N3O3/c15-13(18)9-20-12-5-3-11(4-6-12)17-14(19)10-2-1-7-16-8-10/h3-6,10,16H,1-2,7-9H2,(H2,15,18)(H,17,19)/t10-/m1/s1. The van der Waals surface area contributed by atoms with E-state index in [1.54, 1.807) is 24.3 Å². The molecule has 1 fully saturated rings. The maximum absolute atomic E-state index is 12.0. The average molecular weight is 277 g/mol. The molecule has 108 valence electrons. The van der Waals surface area contributed by atoms with Crippen molar-refractivity contribution in [3.05, 3.63) is 24.3 Å². The molecule has 6 heteroatoms. The fourth-order valence-corrected chi connectivity index (χ4v) is 2.11. The number of amides is 2. The molecule has 0 spiro atoms. The van der Waals surface area contributed by atoms with Gasteiger partial charge in [0.2, 0.25) is 5.91 Å². The van der Waals surface area contributed by atoms with Crippen LogP contribution in [0.2, 0.25) is 0 Å². The Kier molecular flexibility index (Phi) is 4.95. The van der Waals surface area contributed by atoms with E-state index in [2.05, 4.69) is 10.6 Å². The highest BCUT2D eigenvalue weighted by Gasteiger charge is 2.20. The highest BCUT2D eigenvalue weighted by atomic mass is 16.5. The zero-order valence-electron chi connectivity index (χ0n) is 11.2. The van der Waals surface area contributed by atoms with Gasteiger partial charge in [-0.15, -0.1) is 0 Å². The number of hydrogen-bond donors (Lipinski definition) is 3. The van der Waals surface area contributed by atoms with E-state index >= 15 is 0 Å². The van der Waals surface area contributed by atoms with Crippen LogP contribution in [0, 0.1) is 5.92 Å². The molecule has 20 heavy (non-hydrogen) atoms. The molecule has 1 aliphatic heterocycles. The van der Waals surface area contributed by atoms with Gasteiger partial charge in [0, 0.05) is 12.2 Å². The number of carbonyl (C=O) groups is 2. The van der Waals surface area contributed by atoms with Gasteiger partial charge in [-0.1, -0.05) is 0 Å². The van der Waals surface area contributed by atoms with E-state index in [4.69, 9.17) is 10.5 Å². The molecule has 0 saturated carbocycles. The van der Waals surface area contributed by atoms with Crippen molar-refractivity contribution in [2.45, 2.75) is 12.8 Å². The molecule has 1 aliphatic rings. The minimum Gasteiger partial charge on any atom is -0.484 e. The van der Waals surface area contributed by atoms with E-state index < -0.39 is 5.91 Å². The fraction of sp³-hybridized carbons (Fsp3) is 0.429. The van der Waals surface area contributed by atoms with Crippen molar-refractivity contribution in [2.75, 3.05) is 25.0 Å². The molecule has 0 unspecified atom stereocenters. The molecule has 1 heterocycles. The second kappa shape index (κ2) is 6.91. The lowest BCUT2D eigenvalue weighted by Gasteiger charge is -2.21. The third-order valence-corrected chi connectivity index (χ3v) is 3.17. The van der Waals surface area contributed by atoms with Gasteiger partial charge in [-0.3, -0.25) is 9.59 Å². The zero-order chi connectivity index (χ0) is 14.4. The number of carbonyl (C=O) groups excluding carboxylic acids is 2. The van der Waals surface area contributed by atoms with Gasteiger partial charge in [0.05, 0.1) is 5.92 Å². The Hall–Kier alpha value is -2.08. The highest BCUT2D eigenvalue weighted by molar-refractivity contribution is 5.92. The Morgan fingerprint density at radius 1 is 1.35 bits per heavy atom. The van der Waals surface area contributed by atoms with Crippen molar-refractivity contribution in [3.63, 3.8) is 0 Å². The summed E-state index contributed by atoms with van der Waals surface area (Å²) in [5.41, 5.74) is 5.71. The Balaban J connectivity index is 1.86. The van der Waals surface area contributed by atoms with Crippen molar-refractivity contribution >= 4 is 17.5 Å². The van der Waals surface area contributed by atoms with Crippen molar-refractivity contribution in [1.82, 2.24) is 5.32 Å². The smallest absolute Gasteiger partial charge is 0.255 e. The monoisotopic (exact) mass is 277 g/mol. The molecule has 0 radical (unpaired) electrons. The molecule has 6 nitrogen and oxygen atoms in total. The van der Waals surface area contributed by atoms with Crippen LogP contribution in [0.15, 0.2) is 24.3 Å². The summed E-state index contributed by atoms with van der Waals surface area (Å²) in [7, 11) is 0. The van der Waals surface area contributed by atoms with E-state index in [0.29, 0.717) is 11.4 Å². The van der Waals surface area contributed by atoms with Crippen LogP contribution in [-0.2, 0) is 9.59 Å². The van der Waals surface area contributed by atoms with Crippen LogP contribution < -0.4 is 21.1 Å². The molecule has 1 saturated heterocycles. The maximum Gasteiger partial charge on any atom is 0.255 e. The van der Waals surface area contributed by atoms with Gasteiger partial charge >= 0.3 is 0 Å². The third-order valence-electron chi connectivity index (χ3n) is 3.17. The summed E-state index contributed by atoms with van der Waals surface area (Å²) >= 11 is 0. The summed E-state index contributed by atoms with van der Waals surface area (Å²) in [6.07, 6.45) is 1.94. The third kappa shape index (κ3) is 4.24. The summed E-state index contributed by atoms with van der Waals surface area (Å²) in [5, 5.41) is 6.09. The van der Waals surface area contributed by atoms with E-state index in [1.807, 2.05) is 0 Å². The van der Waals surface area contributed by atoms with Gasteiger partial charge in [-0.25, -0.2) is 0 Å². The normalized spacial score (nSPS) is 18.3. The molecule has 0 bridgehead atoms. The maximum atomic E-state index is 12.0. The molecule has 4 N–H and O–H groups in total. The predicted octanol–water partition coefficient (Wildman–Crippen LogP) is 0.489. The number of rotatable bonds is 5. The summed E-state index contributed by atoms with van der Waals surface area (Å²) in [6.45, 7) is 1.56. The number of anilines is 1. The lowest BCUT2D eigenvalue weighted by molar-refractivity contribution is -0.120. The quantitative estimate of drug-likeness (QED) is 0.730. The van der Waals surface area contributed by atoms with E-state index in [1.165, 1.54) is 0 Å². The van der Waals surface area contributed by atoms with Crippen LogP contribution in [0.3, 0.4) is 0 Å². The molecule has 1 aromatic rings.